The lowest BCUT2D eigenvalue weighted by Crippen LogP contribution is -2.44. The topological polar surface area (TPSA) is 88.4 Å². The van der Waals surface area contributed by atoms with Gasteiger partial charge < -0.3 is 10.2 Å². The maximum absolute atomic E-state index is 12.7. The van der Waals surface area contributed by atoms with Crippen LogP contribution in [0.2, 0.25) is 0 Å². The number of hydrogen-bond donors (Lipinski definition) is 2. The van der Waals surface area contributed by atoms with Gasteiger partial charge in [0, 0.05) is 45.3 Å². The Bertz CT molecular complexity index is 907. The molecule has 2 aliphatic rings. The maximum atomic E-state index is 12.7. The summed E-state index contributed by atoms with van der Waals surface area (Å²) in [5, 5.41) is 5.66. The maximum Gasteiger partial charge on any atom is 0.329 e. The highest BCUT2D eigenvalue weighted by atomic mass is 16.2. The van der Waals surface area contributed by atoms with Crippen LogP contribution < -0.4 is 21.2 Å². The zero-order valence-corrected chi connectivity index (χ0v) is 14.1. The van der Waals surface area contributed by atoms with Gasteiger partial charge in [0.2, 0.25) is 11.8 Å². The number of piperidine rings is 1. The van der Waals surface area contributed by atoms with E-state index in [4.69, 9.17) is 0 Å². The third-order valence-electron chi connectivity index (χ3n) is 5.08. The zero-order valence-electron chi connectivity index (χ0n) is 14.1. The summed E-state index contributed by atoms with van der Waals surface area (Å²) >= 11 is 0. The third kappa shape index (κ3) is 2.62. The SMILES string of the molecule is Cn1c(=O)n(C2CCC(=O)NC2=O)c2cc(N3CCNCC3)ccc21. The average Bonchev–Trinajstić information content (AvgIpc) is 2.87. The second-order valence-corrected chi connectivity index (χ2v) is 6.59. The Morgan fingerprint density at radius 1 is 1.08 bits per heavy atom. The van der Waals surface area contributed by atoms with Crippen molar-refractivity contribution in [2.75, 3.05) is 31.1 Å². The lowest BCUT2D eigenvalue weighted by Gasteiger charge is -2.29. The van der Waals surface area contributed by atoms with Crippen molar-refractivity contribution in [3.8, 4) is 0 Å². The number of aryl methyl sites for hydroxylation is 1. The molecule has 2 saturated heterocycles. The summed E-state index contributed by atoms with van der Waals surface area (Å²) < 4.78 is 3.09. The minimum absolute atomic E-state index is 0.234. The van der Waals surface area contributed by atoms with E-state index < -0.39 is 11.9 Å². The van der Waals surface area contributed by atoms with Crippen LogP contribution in [0.1, 0.15) is 18.9 Å². The van der Waals surface area contributed by atoms with Gasteiger partial charge in [-0.15, -0.1) is 0 Å². The number of hydrogen-bond acceptors (Lipinski definition) is 5. The molecular formula is C17H21N5O3. The number of aromatic nitrogens is 2. The van der Waals surface area contributed by atoms with Crippen molar-refractivity contribution in [1.82, 2.24) is 19.8 Å². The van der Waals surface area contributed by atoms with Gasteiger partial charge in [-0.25, -0.2) is 4.79 Å². The molecule has 8 nitrogen and oxygen atoms in total. The van der Waals surface area contributed by atoms with Crippen LogP contribution in [0.25, 0.3) is 11.0 Å². The van der Waals surface area contributed by atoms with Crippen molar-refractivity contribution < 1.29 is 9.59 Å². The number of imidazole rings is 1. The van der Waals surface area contributed by atoms with E-state index in [1.165, 1.54) is 4.57 Å². The lowest BCUT2D eigenvalue weighted by atomic mass is 10.1. The number of fused-ring (bicyclic) bond motifs is 1. The van der Waals surface area contributed by atoms with Gasteiger partial charge in [-0.1, -0.05) is 0 Å². The highest BCUT2D eigenvalue weighted by Gasteiger charge is 2.31. The molecule has 2 amide bonds. The number of carbonyl (C=O) groups is 2. The monoisotopic (exact) mass is 343 g/mol. The highest BCUT2D eigenvalue weighted by molar-refractivity contribution is 6.00. The molecule has 132 valence electrons. The summed E-state index contributed by atoms with van der Waals surface area (Å²) in [7, 11) is 1.71. The number of benzene rings is 1. The zero-order chi connectivity index (χ0) is 17.6. The first-order valence-electron chi connectivity index (χ1n) is 8.56. The molecular weight excluding hydrogens is 322 g/mol. The van der Waals surface area contributed by atoms with Gasteiger partial charge in [0.15, 0.2) is 0 Å². The highest BCUT2D eigenvalue weighted by Crippen LogP contribution is 2.26. The average molecular weight is 343 g/mol. The van der Waals surface area contributed by atoms with Crippen LogP contribution in [0.5, 0.6) is 0 Å². The van der Waals surface area contributed by atoms with Gasteiger partial charge in [-0.05, 0) is 24.6 Å². The normalized spacial score (nSPS) is 21.6. The largest absolute Gasteiger partial charge is 0.369 e. The van der Waals surface area contributed by atoms with Crippen LogP contribution in [-0.4, -0.2) is 47.1 Å². The van der Waals surface area contributed by atoms with Crippen LogP contribution >= 0.6 is 0 Å². The fourth-order valence-corrected chi connectivity index (χ4v) is 3.71. The predicted octanol–water partition coefficient (Wildman–Crippen LogP) is -0.273. The molecule has 2 aromatic rings. The summed E-state index contributed by atoms with van der Waals surface area (Å²) in [6.45, 7) is 3.65. The number of piperazine rings is 1. The molecule has 0 spiro atoms. The molecule has 2 N–H and O–H groups in total. The quantitative estimate of drug-likeness (QED) is 0.733. The molecule has 8 heteroatoms. The van der Waals surface area contributed by atoms with E-state index in [0.717, 1.165) is 42.9 Å². The van der Waals surface area contributed by atoms with E-state index in [-0.39, 0.29) is 18.0 Å². The van der Waals surface area contributed by atoms with Crippen LogP contribution in [0.3, 0.4) is 0 Å². The Morgan fingerprint density at radius 3 is 2.56 bits per heavy atom. The fraction of sp³-hybridized carbons (Fsp3) is 0.471. The van der Waals surface area contributed by atoms with Crippen molar-refractivity contribution in [1.29, 1.82) is 0 Å². The van der Waals surface area contributed by atoms with Crippen LogP contribution in [0.4, 0.5) is 5.69 Å². The standard InChI is InChI=1S/C17H21N5O3/c1-20-12-3-2-11(21-8-6-18-7-9-21)10-14(12)22(17(20)25)13-4-5-15(23)19-16(13)24/h2-3,10,13,18H,4-9H2,1H3,(H,19,23,24). The van der Waals surface area contributed by atoms with E-state index in [1.54, 1.807) is 11.6 Å². The van der Waals surface area contributed by atoms with Crippen molar-refractivity contribution in [3.05, 3.63) is 28.7 Å². The third-order valence-corrected chi connectivity index (χ3v) is 5.08. The van der Waals surface area contributed by atoms with E-state index in [9.17, 15) is 14.4 Å². The smallest absolute Gasteiger partial charge is 0.329 e. The number of nitrogens with one attached hydrogen (secondary N) is 2. The molecule has 1 aromatic heterocycles. The Labute approximate surface area is 144 Å². The number of nitrogens with zero attached hydrogens (tertiary/aromatic N) is 3. The number of imide groups is 1. The number of amides is 2. The van der Waals surface area contributed by atoms with Crippen molar-refractivity contribution in [2.24, 2.45) is 7.05 Å². The van der Waals surface area contributed by atoms with Gasteiger partial charge in [0.05, 0.1) is 11.0 Å². The first-order valence-corrected chi connectivity index (χ1v) is 8.56. The van der Waals surface area contributed by atoms with E-state index in [1.807, 2.05) is 18.2 Å². The van der Waals surface area contributed by atoms with Gasteiger partial charge in [-0.3, -0.25) is 24.0 Å². The Balaban J connectivity index is 1.82. The second-order valence-electron chi connectivity index (χ2n) is 6.59. The van der Waals surface area contributed by atoms with Crippen molar-refractivity contribution in [3.63, 3.8) is 0 Å². The summed E-state index contributed by atoms with van der Waals surface area (Å²) in [4.78, 5) is 38.7. The molecule has 1 atom stereocenters. The van der Waals surface area contributed by atoms with Gasteiger partial charge >= 0.3 is 5.69 Å². The second kappa shape index (κ2) is 6.03. The molecule has 4 rings (SSSR count). The fourth-order valence-electron chi connectivity index (χ4n) is 3.71. The van der Waals surface area contributed by atoms with E-state index >= 15 is 0 Å². The predicted molar refractivity (Wildman–Crippen MR) is 93.7 cm³/mol. The first-order chi connectivity index (χ1) is 12.1. The molecule has 1 aromatic carbocycles. The molecule has 0 radical (unpaired) electrons. The summed E-state index contributed by atoms with van der Waals surface area (Å²) in [5.41, 5.74) is 2.33. The van der Waals surface area contributed by atoms with Crippen LogP contribution in [0, 0.1) is 0 Å². The summed E-state index contributed by atoms with van der Waals surface area (Å²) in [5.74, 6) is -0.686. The minimum atomic E-state index is -0.646. The number of carbonyl (C=O) groups excluding carboxylic acids is 2. The van der Waals surface area contributed by atoms with Crippen LogP contribution in [0.15, 0.2) is 23.0 Å². The van der Waals surface area contributed by atoms with Gasteiger partial charge in [0.25, 0.3) is 0 Å². The van der Waals surface area contributed by atoms with Gasteiger partial charge in [0.1, 0.15) is 6.04 Å². The Kier molecular flexibility index (Phi) is 3.84. The number of rotatable bonds is 2. The Hall–Kier alpha value is -2.61. The van der Waals surface area contributed by atoms with Crippen molar-refractivity contribution in [2.45, 2.75) is 18.9 Å². The summed E-state index contributed by atoms with van der Waals surface area (Å²) in [6.07, 6.45) is 0.596. The van der Waals surface area contributed by atoms with Crippen LogP contribution in [-0.2, 0) is 16.6 Å². The van der Waals surface area contributed by atoms with Crippen molar-refractivity contribution >= 4 is 28.5 Å². The minimum Gasteiger partial charge on any atom is -0.369 e. The number of anilines is 1. The Morgan fingerprint density at radius 2 is 1.84 bits per heavy atom. The molecule has 1 unspecified atom stereocenters. The first kappa shape index (κ1) is 15.9. The molecule has 25 heavy (non-hydrogen) atoms. The lowest BCUT2D eigenvalue weighted by molar-refractivity contribution is -0.135. The molecule has 2 aliphatic heterocycles. The molecule has 0 aliphatic carbocycles. The molecule has 0 bridgehead atoms. The molecule has 2 fully saturated rings. The van der Waals surface area contributed by atoms with E-state index in [2.05, 4.69) is 15.5 Å². The molecule has 0 saturated carbocycles. The van der Waals surface area contributed by atoms with E-state index in [0.29, 0.717) is 6.42 Å². The van der Waals surface area contributed by atoms with Gasteiger partial charge in [-0.2, -0.15) is 0 Å². The summed E-state index contributed by atoms with van der Waals surface area (Å²) in [6, 6.07) is 5.27. The molecule has 3 heterocycles.